The molecule has 0 amide bonds. The minimum atomic E-state index is -0.397. The van der Waals surface area contributed by atoms with Crippen LogP contribution >= 0.6 is 15.9 Å². The van der Waals surface area contributed by atoms with Gasteiger partial charge in [-0.25, -0.2) is 4.98 Å². The zero-order valence-corrected chi connectivity index (χ0v) is 13.3. The molecule has 4 nitrogen and oxygen atoms in total. The van der Waals surface area contributed by atoms with Gasteiger partial charge in [0.25, 0.3) is 5.56 Å². The van der Waals surface area contributed by atoms with Gasteiger partial charge in [-0.2, -0.15) is 0 Å². The van der Waals surface area contributed by atoms with E-state index in [0.717, 1.165) is 37.8 Å². The minimum Gasteiger partial charge on any atom is -0.370 e. The molecule has 0 bridgehead atoms. The fourth-order valence-electron chi connectivity index (χ4n) is 2.73. The molecule has 1 N–H and O–H groups in total. The lowest BCUT2D eigenvalue weighted by Crippen LogP contribution is -2.31. The Morgan fingerprint density at radius 3 is 2.58 bits per heavy atom. The molecule has 0 atom stereocenters. The van der Waals surface area contributed by atoms with Crippen molar-refractivity contribution in [2.24, 2.45) is 5.92 Å². The van der Waals surface area contributed by atoms with Crippen molar-refractivity contribution in [3.8, 4) is 0 Å². The molecular weight excluding hydrogens is 308 g/mol. The first kappa shape index (κ1) is 14.7. The standard InChI is InChI=1S/C14H21BrN2O2/c1-9(2)8-10-11(15)12(18)17-13(16-10)14(19-3)6-4-5-7-14/h9H,4-8H2,1-3H3,(H,16,17,18). The number of nitrogens with one attached hydrogen (secondary N) is 1. The van der Waals surface area contributed by atoms with Crippen LogP contribution in [0.5, 0.6) is 0 Å². The maximum atomic E-state index is 12.1. The number of aromatic amines is 1. The molecule has 5 heteroatoms. The molecule has 0 aliphatic heterocycles. The van der Waals surface area contributed by atoms with Gasteiger partial charge in [-0.15, -0.1) is 0 Å². The Morgan fingerprint density at radius 1 is 1.42 bits per heavy atom. The molecule has 2 rings (SSSR count). The molecule has 0 spiro atoms. The molecule has 1 saturated carbocycles. The van der Waals surface area contributed by atoms with Gasteiger partial charge in [0, 0.05) is 7.11 Å². The smallest absolute Gasteiger partial charge is 0.265 e. The van der Waals surface area contributed by atoms with Gasteiger partial charge >= 0.3 is 0 Å². The molecule has 0 radical (unpaired) electrons. The Hall–Kier alpha value is -0.680. The van der Waals surface area contributed by atoms with E-state index >= 15 is 0 Å². The normalized spacial score (nSPS) is 18.2. The Bertz CT molecular complexity index is 505. The third kappa shape index (κ3) is 2.92. The molecule has 1 aliphatic rings. The summed E-state index contributed by atoms with van der Waals surface area (Å²) in [5.41, 5.74) is 0.326. The lowest BCUT2D eigenvalue weighted by atomic mass is 10.0. The van der Waals surface area contributed by atoms with E-state index in [0.29, 0.717) is 16.2 Å². The van der Waals surface area contributed by atoms with Crippen molar-refractivity contribution in [1.29, 1.82) is 0 Å². The second-order valence-electron chi connectivity index (χ2n) is 5.68. The van der Waals surface area contributed by atoms with E-state index in [4.69, 9.17) is 4.74 Å². The van der Waals surface area contributed by atoms with Crippen molar-refractivity contribution in [1.82, 2.24) is 9.97 Å². The molecule has 1 heterocycles. The van der Waals surface area contributed by atoms with Crippen molar-refractivity contribution in [3.63, 3.8) is 0 Å². The third-order valence-electron chi connectivity index (χ3n) is 3.77. The molecule has 0 saturated heterocycles. The van der Waals surface area contributed by atoms with Crippen molar-refractivity contribution >= 4 is 15.9 Å². The van der Waals surface area contributed by atoms with Gasteiger partial charge in [0.15, 0.2) is 0 Å². The number of halogens is 1. The van der Waals surface area contributed by atoms with Crippen LogP contribution in [-0.2, 0) is 16.8 Å². The number of aromatic nitrogens is 2. The predicted molar refractivity (Wildman–Crippen MR) is 78.3 cm³/mol. The second kappa shape index (κ2) is 5.75. The summed E-state index contributed by atoms with van der Waals surface area (Å²) in [6.45, 7) is 4.24. The monoisotopic (exact) mass is 328 g/mol. The zero-order valence-electron chi connectivity index (χ0n) is 11.8. The SMILES string of the molecule is COC1(c2nc(CC(C)C)c(Br)c(=O)[nH]2)CCCC1. The minimum absolute atomic E-state index is 0.107. The van der Waals surface area contributed by atoms with Crippen LogP contribution in [0.1, 0.15) is 51.0 Å². The molecule has 1 fully saturated rings. The average Bonchev–Trinajstić information content (AvgIpc) is 2.84. The summed E-state index contributed by atoms with van der Waals surface area (Å²) in [6, 6.07) is 0. The number of nitrogens with zero attached hydrogens (tertiary/aromatic N) is 1. The highest BCUT2D eigenvalue weighted by atomic mass is 79.9. The van der Waals surface area contributed by atoms with Gasteiger partial charge in [0.05, 0.1) is 5.69 Å². The second-order valence-corrected chi connectivity index (χ2v) is 6.47. The highest BCUT2D eigenvalue weighted by Gasteiger charge is 2.38. The van der Waals surface area contributed by atoms with E-state index in [1.54, 1.807) is 7.11 Å². The fourth-order valence-corrected chi connectivity index (χ4v) is 3.08. The molecule has 1 aliphatic carbocycles. The highest BCUT2D eigenvalue weighted by molar-refractivity contribution is 9.10. The van der Waals surface area contributed by atoms with Crippen LogP contribution in [0.15, 0.2) is 9.27 Å². The Labute approximate surface area is 122 Å². The van der Waals surface area contributed by atoms with Crippen molar-refractivity contribution in [2.45, 2.75) is 51.6 Å². The number of rotatable bonds is 4. The summed E-state index contributed by atoms with van der Waals surface area (Å²) in [7, 11) is 1.70. The molecule has 19 heavy (non-hydrogen) atoms. The first-order valence-electron chi connectivity index (χ1n) is 6.83. The van der Waals surface area contributed by atoms with Crippen LogP contribution in [0.2, 0.25) is 0 Å². The van der Waals surface area contributed by atoms with Gasteiger partial charge in [-0.1, -0.05) is 13.8 Å². The molecule has 0 aromatic carbocycles. The number of hydrogen-bond donors (Lipinski definition) is 1. The van der Waals surface area contributed by atoms with Crippen LogP contribution < -0.4 is 5.56 Å². The van der Waals surface area contributed by atoms with Crippen molar-refractivity contribution < 1.29 is 4.74 Å². The topological polar surface area (TPSA) is 55.0 Å². The lowest BCUT2D eigenvalue weighted by Gasteiger charge is -2.26. The molecule has 1 aromatic rings. The number of hydrogen-bond acceptors (Lipinski definition) is 3. The summed E-state index contributed by atoms with van der Waals surface area (Å²) in [5, 5.41) is 0. The first-order valence-corrected chi connectivity index (χ1v) is 7.62. The van der Waals surface area contributed by atoms with E-state index in [1.807, 2.05) is 0 Å². The van der Waals surface area contributed by atoms with Gasteiger partial charge in [-0.3, -0.25) is 4.79 Å². The summed E-state index contributed by atoms with van der Waals surface area (Å²) in [6.07, 6.45) is 4.88. The van der Waals surface area contributed by atoms with E-state index < -0.39 is 5.60 Å². The summed E-state index contributed by atoms with van der Waals surface area (Å²) < 4.78 is 6.24. The molecule has 1 aromatic heterocycles. The van der Waals surface area contributed by atoms with E-state index in [1.165, 1.54) is 0 Å². The van der Waals surface area contributed by atoms with Crippen LogP contribution in [0.3, 0.4) is 0 Å². The van der Waals surface area contributed by atoms with Gasteiger partial charge in [-0.05, 0) is 54.0 Å². The average molecular weight is 329 g/mol. The van der Waals surface area contributed by atoms with Gasteiger partial charge in [0.2, 0.25) is 0 Å². The quantitative estimate of drug-likeness (QED) is 0.923. The number of methoxy groups -OCH3 is 1. The molecule has 106 valence electrons. The zero-order chi connectivity index (χ0) is 14.0. The Kier molecular flexibility index (Phi) is 4.46. The van der Waals surface area contributed by atoms with Crippen LogP contribution in [0, 0.1) is 5.92 Å². The van der Waals surface area contributed by atoms with Gasteiger partial charge < -0.3 is 9.72 Å². The fraction of sp³-hybridized carbons (Fsp3) is 0.714. The first-order chi connectivity index (χ1) is 8.98. The summed E-state index contributed by atoms with van der Waals surface area (Å²) >= 11 is 3.34. The summed E-state index contributed by atoms with van der Waals surface area (Å²) in [5.74, 6) is 1.15. The molecular formula is C14H21BrN2O2. The largest absolute Gasteiger partial charge is 0.370 e. The number of H-pyrrole nitrogens is 1. The van der Waals surface area contributed by atoms with Crippen LogP contribution in [0.4, 0.5) is 0 Å². The molecule has 0 unspecified atom stereocenters. The van der Waals surface area contributed by atoms with Crippen LogP contribution in [0.25, 0.3) is 0 Å². The van der Waals surface area contributed by atoms with E-state index in [2.05, 4.69) is 39.7 Å². The van der Waals surface area contributed by atoms with Gasteiger partial charge in [0.1, 0.15) is 15.9 Å². The lowest BCUT2D eigenvalue weighted by molar-refractivity contribution is -0.0167. The highest BCUT2D eigenvalue weighted by Crippen LogP contribution is 2.39. The van der Waals surface area contributed by atoms with Crippen LogP contribution in [-0.4, -0.2) is 17.1 Å². The van der Waals surface area contributed by atoms with Crippen molar-refractivity contribution in [3.05, 3.63) is 26.3 Å². The predicted octanol–water partition coefficient (Wildman–Crippen LogP) is 3.15. The van der Waals surface area contributed by atoms with E-state index in [-0.39, 0.29) is 5.56 Å². The maximum absolute atomic E-state index is 12.1. The maximum Gasteiger partial charge on any atom is 0.265 e. The third-order valence-corrected chi connectivity index (χ3v) is 4.58. The Morgan fingerprint density at radius 2 is 2.05 bits per heavy atom. The van der Waals surface area contributed by atoms with E-state index in [9.17, 15) is 4.79 Å². The summed E-state index contributed by atoms with van der Waals surface area (Å²) in [4.78, 5) is 19.6. The number of ether oxygens (including phenoxy) is 1. The van der Waals surface area contributed by atoms with Crippen molar-refractivity contribution in [2.75, 3.05) is 7.11 Å². The Balaban J connectivity index is 2.46.